The van der Waals surface area contributed by atoms with Gasteiger partial charge in [0.2, 0.25) is 0 Å². The van der Waals surface area contributed by atoms with Crippen LogP contribution in [0.5, 0.6) is 11.5 Å². The van der Waals surface area contributed by atoms with Crippen LogP contribution >= 0.6 is 0 Å². The van der Waals surface area contributed by atoms with Gasteiger partial charge >= 0.3 is 0 Å². The molecular weight excluding hydrogens is 262 g/mol. The summed E-state index contributed by atoms with van der Waals surface area (Å²) in [4.78, 5) is 13.9. The number of likely N-dealkylation sites (tertiary alicyclic amines) is 1. The van der Waals surface area contributed by atoms with E-state index in [4.69, 9.17) is 10.9 Å². The van der Waals surface area contributed by atoms with E-state index < -0.39 is 0 Å². The quantitative estimate of drug-likeness (QED) is 0.209. The van der Waals surface area contributed by atoms with Crippen LogP contribution in [0.15, 0.2) is 23.4 Å². The van der Waals surface area contributed by atoms with Gasteiger partial charge in [0.15, 0.2) is 0 Å². The second-order valence-electron chi connectivity index (χ2n) is 4.82. The van der Waals surface area contributed by atoms with Crippen LogP contribution in [0, 0.1) is 5.92 Å². The number of hydrogen-bond donors (Lipinski definition) is 4. The van der Waals surface area contributed by atoms with Crippen molar-refractivity contribution in [3.05, 3.63) is 23.8 Å². The molecule has 1 amide bonds. The molecule has 2 rings (SSSR count). The highest BCUT2D eigenvalue weighted by Crippen LogP contribution is 2.26. The van der Waals surface area contributed by atoms with Crippen molar-refractivity contribution < 1.29 is 20.2 Å². The van der Waals surface area contributed by atoms with Crippen LogP contribution < -0.4 is 5.73 Å². The molecule has 0 aliphatic carbocycles. The molecule has 7 nitrogen and oxygen atoms in total. The lowest BCUT2D eigenvalue weighted by atomic mass is 9.96. The van der Waals surface area contributed by atoms with E-state index in [1.807, 2.05) is 0 Å². The zero-order valence-electron chi connectivity index (χ0n) is 10.9. The van der Waals surface area contributed by atoms with Gasteiger partial charge in [-0.05, 0) is 31.0 Å². The number of oxime groups is 1. The number of hydrogen-bond acceptors (Lipinski definition) is 5. The first-order valence-electron chi connectivity index (χ1n) is 6.31. The largest absolute Gasteiger partial charge is 0.508 e. The molecule has 7 heteroatoms. The average Bonchev–Trinajstić information content (AvgIpc) is 2.48. The lowest BCUT2D eigenvalue weighted by Gasteiger charge is -2.32. The van der Waals surface area contributed by atoms with Crippen molar-refractivity contribution in [2.75, 3.05) is 13.1 Å². The summed E-state index contributed by atoms with van der Waals surface area (Å²) in [6.07, 6.45) is 1.47. The van der Waals surface area contributed by atoms with E-state index in [1.165, 1.54) is 23.1 Å². The molecule has 1 aromatic rings. The Labute approximate surface area is 115 Å². The molecule has 1 heterocycles. The highest BCUT2D eigenvalue weighted by molar-refractivity contribution is 5.97. The average molecular weight is 279 g/mol. The van der Waals surface area contributed by atoms with Crippen molar-refractivity contribution in [2.45, 2.75) is 12.8 Å². The van der Waals surface area contributed by atoms with Crippen molar-refractivity contribution in [3.8, 4) is 11.5 Å². The summed E-state index contributed by atoms with van der Waals surface area (Å²) in [5.41, 5.74) is 5.62. The van der Waals surface area contributed by atoms with E-state index >= 15 is 0 Å². The van der Waals surface area contributed by atoms with Gasteiger partial charge in [-0.15, -0.1) is 0 Å². The summed E-state index contributed by atoms with van der Waals surface area (Å²) in [5, 5.41) is 30.8. The number of phenolic OH excluding ortho intramolecular Hbond substituents is 2. The molecule has 108 valence electrons. The smallest absolute Gasteiger partial charge is 0.257 e. The third kappa shape index (κ3) is 2.76. The molecule has 0 radical (unpaired) electrons. The van der Waals surface area contributed by atoms with E-state index in [0.717, 1.165) is 12.8 Å². The number of nitrogens with two attached hydrogens (primary N) is 1. The molecule has 1 unspecified atom stereocenters. The number of nitrogens with zero attached hydrogens (tertiary/aromatic N) is 2. The molecule has 5 N–H and O–H groups in total. The first-order valence-corrected chi connectivity index (χ1v) is 6.31. The lowest BCUT2D eigenvalue weighted by molar-refractivity contribution is 0.0698. The number of phenols is 2. The lowest BCUT2D eigenvalue weighted by Crippen LogP contribution is -2.44. The van der Waals surface area contributed by atoms with Gasteiger partial charge in [0.1, 0.15) is 17.3 Å². The number of amides is 1. The number of amidine groups is 1. The highest BCUT2D eigenvalue weighted by atomic mass is 16.4. The number of carbonyl (C=O) groups excluding carboxylic acids is 1. The molecule has 1 aliphatic rings. The maximum Gasteiger partial charge on any atom is 0.257 e. The van der Waals surface area contributed by atoms with Gasteiger partial charge in [0, 0.05) is 19.0 Å². The van der Waals surface area contributed by atoms with E-state index in [2.05, 4.69) is 5.16 Å². The number of benzene rings is 1. The van der Waals surface area contributed by atoms with Gasteiger partial charge < -0.3 is 26.1 Å². The summed E-state index contributed by atoms with van der Waals surface area (Å²) in [6.45, 7) is 0.854. The second kappa shape index (κ2) is 5.68. The second-order valence-corrected chi connectivity index (χ2v) is 4.82. The third-order valence-electron chi connectivity index (χ3n) is 3.45. The summed E-state index contributed by atoms with van der Waals surface area (Å²) in [5.74, 6) is -0.747. The minimum absolute atomic E-state index is 0.0464. The molecule has 0 bridgehead atoms. The van der Waals surface area contributed by atoms with Crippen molar-refractivity contribution in [1.82, 2.24) is 4.90 Å². The van der Waals surface area contributed by atoms with E-state index in [0.29, 0.717) is 13.1 Å². The normalized spacial score (nSPS) is 19.9. The monoisotopic (exact) mass is 279 g/mol. The van der Waals surface area contributed by atoms with Crippen molar-refractivity contribution in [2.24, 2.45) is 16.8 Å². The molecule has 1 aromatic carbocycles. The van der Waals surface area contributed by atoms with Gasteiger partial charge in [-0.25, -0.2) is 0 Å². The number of rotatable bonds is 2. The Kier molecular flexibility index (Phi) is 3.97. The Morgan fingerprint density at radius 1 is 1.40 bits per heavy atom. The van der Waals surface area contributed by atoms with Gasteiger partial charge in [-0.2, -0.15) is 0 Å². The molecule has 1 atom stereocenters. The molecule has 1 saturated heterocycles. The number of piperidine rings is 1. The topological polar surface area (TPSA) is 119 Å². The predicted octanol–water partition coefficient (Wildman–Crippen LogP) is 0.696. The Bertz CT molecular complexity index is 544. The Hall–Kier alpha value is -2.44. The summed E-state index contributed by atoms with van der Waals surface area (Å²) in [7, 11) is 0. The van der Waals surface area contributed by atoms with Crippen LogP contribution in [0.4, 0.5) is 0 Å². The fraction of sp³-hybridized carbons (Fsp3) is 0.385. The van der Waals surface area contributed by atoms with Gasteiger partial charge in [-0.1, -0.05) is 5.16 Å². The number of carbonyl (C=O) groups is 1. The van der Waals surface area contributed by atoms with Gasteiger partial charge in [0.05, 0.1) is 5.56 Å². The van der Waals surface area contributed by atoms with Crippen LogP contribution in [0.3, 0.4) is 0 Å². The molecule has 0 saturated carbocycles. The Morgan fingerprint density at radius 3 is 2.85 bits per heavy atom. The first kappa shape index (κ1) is 14.0. The van der Waals surface area contributed by atoms with Crippen molar-refractivity contribution in [3.63, 3.8) is 0 Å². The Morgan fingerprint density at radius 2 is 2.15 bits per heavy atom. The van der Waals surface area contributed by atoms with Crippen LogP contribution in [-0.2, 0) is 0 Å². The summed E-state index contributed by atoms with van der Waals surface area (Å²) in [6, 6.07) is 3.81. The standard InChI is InChI=1S/C13H17N3O4/c14-12(15-20)8-2-1-5-16(7-8)13(19)10-6-9(17)3-4-11(10)18/h3-4,6,8,17-18,20H,1-2,5,7H2,(H2,14,15). The highest BCUT2D eigenvalue weighted by Gasteiger charge is 2.28. The van der Waals surface area contributed by atoms with Crippen LogP contribution in [0.2, 0.25) is 0 Å². The molecule has 1 aliphatic heterocycles. The third-order valence-corrected chi connectivity index (χ3v) is 3.45. The van der Waals surface area contributed by atoms with E-state index in [9.17, 15) is 15.0 Å². The summed E-state index contributed by atoms with van der Waals surface area (Å²) >= 11 is 0. The molecule has 0 aromatic heterocycles. The van der Waals surface area contributed by atoms with Crippen LogP contribution in [0.25, 0.3) is 0 Å². The molecule has 20 heavy (non-hydrogen) atoms. The first-order chi connectivity index (χ1) is 9.52. The van der Waals surface area contributed by atoms with Gasteiger partial charge in [-0.3, -0.25) is 4.79 Å². The maximum atomic E-state index is 12.3. The number of aromatic hydroxyl groups is 2. The molecule has 1 fully saturated rings. The minimum atomic E-state index is -0.381. The maximum absolute atomic E-state index is 12.3. The fourth-order valence-corrected chi connectivity index (χ4v) is 2.35. The Balaban J connectivity index is 2.18. The SMILES string of the molecule is N/C(=N/O)C1CCCN(C(=O)c2cc(O)ccc2O)C1. The zero-order valence-corrected chi connectivity index (χ0v) is 10.9. The fourth-order valence-electron chi connectivity index (χ4n) is 2.35. The summed E-state index contributed by atoms with van der Waals surface area (Å²) < 4.78 is 0. The van der Waals surface area contributed by atoms with E-state index in [-0.39, 0.29) is 34.7 Å². The van der Waals surface area contributed by atoms with Crippen LogP contribution in [0.1, 0.15) is 23.2 Å². The molecule has 0 spiro atoms. The van der Waals surface area contributed by atoms with Crippen LogP contribution in [-0.4, -0.2) is 45.2 Å². The molecular formula is C13H17N3O4. The van der Waals surface area contributed by atoms with Crippen molar-refractivity contribution >= 4 is 11.7 Å². The van der Waals surface area contributed by atoms with Gasteiger partial charge in [0.25, 0.3) is 5.91 Å². The van der Waals surface area contributed by atoms with E-state index in [1.54, 1.807) is 0 Å². The zero-order chi connectivity index (χ0) is 14.7. The minimum Gasteiger partial charge on any atom is -0.508 e. The van der Waals surface area contributed by atoms with Crippen molar-refractivity contribution in [1.29, 1.82) is 0 Å². The predicted molar refractivity (Wildman–Crippen MR) is 71.8 cm³/mol.